The molecule has 1 N–H and O–H groups in total. The lowest BCUT2D eigenvalue weighted by Gasteiger charge is -2.17. The van der Waals surface area contributed by atoms with Crippen molar-refractivity contribution in [2.75, 3.05) is 12.4 Å². The van der Waals surface area contributed by atoms with E-state index in [2.05, 4.69) is 11.4 Å². The molecule has 2 atom stereocenters. The summed E-state index contributed by atoms with van der Waals surface area (Å²) in [4.78, 5) is 24.2. The number of carbonyl (C=O) groups excluding carboxylic acids is 2. The maximum Gasteiger partial charge on any atom is 0.307 e. The van der Waals surface area contributed by atoms with E-state index in [1.54, 1.807) is 19.1 Å². The molecule has 0 saturated heterocycles. The highest BCUT2D eigenvalue weighted by molar-refractivity contribution is 6.31. The van der Waals surface area contributed by atoms with Gasteiger partial charge in [0.25, 0.3) is 5.91 Å². The second kappa shape index (κ2) is 8.20. The van der Waals surface area contributed by atoms with E-state index in [4.69, 9.17) is 21.1 Å². The Morgan fingerprint density at radius 3 is 2.79 bits per heavy atom. The van der Waals surface area contributed by atoms with Crippen LogP contribution in [0.15, 0.2) is 24.3 Å². The zero-order chi connectivity index (χ0) is 17.7. The number of halogens is 1. The molecule has 2 rings (SSSR count). The van der Waals surface area contributed by atoms with Crippen molar-refractivity contribution in [2.45, 2.75) is 39.2 Å². The van der Waals surface area contributed by atoms with Crippen molar-refractivity contribution >= 4 is 29.2 Å². The minimum absolute atomic E-state index is 0.215. The first-order chi connectivity index (χ1) is 11.4. The van der Waals surface area contributed by atoms with E-state index in [1.807, 2.05) is 13.0 Å². The summed E-state index contributed by atoms with van der Waals surface area (Å²) in [6.45, 7) is 3.38. The van der Waals surface area contributed by atoms with Crippen molar-refractivity contribution < 1.29 is 19.1 Å². The molecule has 0 aliphatic heterocycles. The van der Waals surface area contributed by atoms with E-state index >= 15 is 0 Å². The number of methoxy groups -OCH3 is 1. The third kappa shape index (κ3) is 4.74. The van der Waals surface area contributed by atoms with Crippen LogP contribution in [-0.2, 0) is 14.3 Å². The van der Waals surface area contributed by atoms with Crippen molar-refractivity contribution in [3.05, 3.63) is 34.9 Å². The molecule has 0 fully saturated rings. The number of aryl methyl sites for hydroxylation is 1. The Hall–Kier alpha value is -2.01. The fourth-order valence-corrected chi connectivity index (χ4v) is 2.70. The Morgan fingerprint density at radius 1 is 1.42 bits per heavy atom. The van der Waals surface area contributed by atoms with Crippen LogP contribution in [0.1, 0.15) is 31.7 Å². The van der Waals surface area contributed by atoms with E-state index in [0.29, 0.717) is 22.9 Å². The highest BCUT2D eigenvalue weighted by Gasteiger charge is 2.22. The predicted octanol–water partition coefficient (Wildman–Crippen LogP) is 3.88. The van der Waals surface area contributed by atoms with Crippen molar-refractivity contribution in [1.29, 1.82) is 0 Å². The van der Waals surface area contributed by atoms with E-state index in [-0.39, 0.29) is 11.9 Å². The van der Waals surface area contributed by atoms with Crippen LogP contribution in [0, 0.1) is 12.8 Å². The Balaban J connectivity index is 1.94. The van der Waals surface area contributed by atoms with E-state index in [9.17, 15) is 9.59 Å². The second-order valence-electron chi connectivity index (χ2n) is 5.89. The van der Waals surface area contributed by atoms with Crippen LogP contribution in [0.4, 0.5) is 5.69 Å². The normalized spacial score (nSPS) is 17.4. The molecule has 0 aromatic heterocycles. The molecule has 0 bridgehead atoms. The van der Waals surface area contributed by atoms with E-state index < -0.39 is 12.0 Å². The molecule has 1 amide bonds. The Kier molecular flexibility index (Phi) is 6.26. The lowest BCUT2D eigenvalue weighted by molar-refractivity contribution is -0.153. The van der Waals surface area contributed by atoms with Gasteiger partial charge in [-0.3, -0.25) is 9.59 Å². The van der Waals surface area contributed by atoms with E-state index in [1.165, 1.54) is 7.11 Å². The van der Waals surface area contributed by atoms with Crippen molar-refractivity contribution in [1.82, 2.24) is 0 Å². The number of esters is 1. The number of amides is 1. The molecule has 0 heterocycles. The molecule has 1 aromatic rings. The molecule has 0 radical (unpaired) electrons. The van der Waals surface area contributed by atoms with Gasteiger partial charge in [-0.1, -0.05) is 23.8 Å². The van der Waals surface area contributed by atoms with Crippen LogP contribution in [0.3, 0.4) is 0 Å². The molecule has 0 saturated carbocycles. The fraction of sp³-hybridized carbons (Fsp3) is 0.444. The second-order valence-corrected chi connectivity index (χ2v) is 6.30. The smallest absolute Gasteiger partial charge is 0.307 e. The zero-order valence-corrected chi connectivity index (χ0v) is 14.9. The lowest BCUT2D eigenvalue weighted by atomic mass is 10.1. The number of anilines is 1. The van der Waals surface area contributed by atoms with Gasteiger partial charge >= 0.3 is 5.97 Å². The third-order valence-corrected chi connectivity index (χ3v) is 4.36. The summed E-state index contributed by atoms with van der Waals surface area (Å²) in [5.41, 5.74) is 1.30. The Labute approximate surface area is 147 Å². The highest BCUT2D eigenvalue weighted by atomic mass is 35.5. The van der Waals surface area contributed by atoms with Crippen molar-refractivity contribution in [3.8, 4) is 5.75 Å². The average Bonchev–Trinajstić information content (AvgIpc) is 3.03. The third-order valence-electron chi connectivity index (χ3n) is 3.96. The van der Waals surface area contributed by atoms with Crippen molar-refractivity contribution in [2.24, 2.45) is 5.92 Å². The van der Waals surface area contributed by atoms with Crippen LogP contribution < -0.4 is 10.1 Å². The molecule has 24 heavy (non-hydrogen) atoms. The van der Waals surface area contributed by atoms with Gasteiger partial charge in [0.2, 0.25) is 0 Å². The summed E-state index contributed by atoms with van der Waals surface area (Å²) in [6, 6.07) is 3.35. The van der Waals surface area contributed by atoms with Gasteiger partial charge in [0, 0.05) is 11.1 Å². The van der Waals surface area contributed by atoms with E-state index in [0.717, 1.165) is 18.4 Å². The summed E-state index contributed by atoms with van der Waals surface area (Å²) in [5, 5.41) is 3.26. The molecule has 1 aliphatic carbocycles. The summed E-state index contributed by atoms with van der Waals surface area (Å²) in [6.07, 6.45) is 5.44. The van der Waals surface area contributed by atoms with Gasteiger partial charge in [0.05, 0.1) is 19.2 Å². The van der Waals surface area contributed by atoms with Crippen LogP contribution >= 0.6 is 11.6 Å². The fourth-order valence-electron chi connectivity index (χ4n) is 2.54. The Morgan fingerprint density at radius 2 is 2.17 bits per heavy atom. The SMILES string of the molecule is COc1cc(Cl)c(C)cc1NC(=O)[C@H](C)OC(=O)C[C@@H]1C=CCC1. The van der Waals surface area contributed by atoms with Gasteiger partial charge < -0.3 is 14.8 Å². The lowest BCUT2D eigenvalue weighted by Crippen LogP contribution is -2.30. The summed E-state index contributed by atoms with van der Waals surface area (Å²) in [7, 11) is 1.50. The van der Waals surface area contributed by atoms with Gasteiger partial charge in [-0.25, -0.2) is 0 Å². The monoisotopic (exact) mass is 351 g/mol. The molecule has 6 heteroatoms. The molecule has 130 valence electrons. The number of rotatable bonds is 6. The molecule has 0 spiro atoms. The minimum atomic E-state index is -0.886. The number of nitrogens with one attached hydrogen (secondary N) is 1. The molecule has 5 nitrogen and oxygen atoms in total. The number of benzene rings is 1. The number of hydrogen-bond donors (Lipinski definition) is 1. The van der Waals surface area contributed by atoms with Crippen molar-refractivity contribution in [3.63, 3.8) is 0 Å². The summed E-state index contributed by atoms with van der Waals surface area (Å²) >= 11 is 6.05. The standard InChI is InChI=1S/C18H22ClNO4/c1-11-8-15(16(23-3)10-14(11)19)20-18(22)12(2)24-17(21)9-13-6-4-5-7-13/h4,6,8,10,12-13H,5,7,9H2,1-3H3,(H,20,22)/t12-,13+/m0/s1. The predicted molar refractivity (Wildman–Crippen MR) is 93.4 cm³/mol. The average molecular weight is 352 g/mol. The van der Waals surface area contributed by atoms with Gasteiger partial charge in [-0.2, -0.15) is 0 Å². The maximum absolute atomic E-state index is 12.3. The number of allylic oxidation sites excluding steroid dienone is 2. The summed E-state index contributed by atoms with van der Waals surface area (Å²) < 4.78 is 10.4. The number of ether oxygens (including phenoxy) is 2. The van der Waals surface area contributed by atoms with Crippen LogP contribution in [0.2, 0.25) is 5.02 Å². The number of carbonyl (C=O) groups is 2. The largest absolute Gasteiger partial charge is 0.495 e. The van der Waals surface area contributed by atoms with Crippen LogP contribution in [0.5, 0.6) is 5.75 Å². The highest BCUT2D eigenvalue weighted by Crippen LogP contribution is 2.31. The maximum atomic E-state index is 12.3. The molecule has 1 aromatic carbocycles. The zero-order valence-electron chi connectivity index (χ0n) is 14.1. The quantitative estimate of drug-likeness (QED) is 0.624. The first kappa shape index (κ1) is 18.3. The van der Waals surface area contributed by atoms with Gasteiger partial charge in [0.15, 0.2) is 6.10 Å². The Bertz CT molecular complexity index is 657. The van der Waals surface area contributed by atoms with Gasteiger partial charge in [-0.05, 0) is 44.2 Å². The molecule has 0 unspecified atom stereocenters. The number of hydrogen-bond acceptors (Lipinski definition) is 4. The topological polar surface area (TPSA) is 64.6 Å². The molecule has 1 aliphatic rings. The van der Waals surface area contributed by atoms with Gasteiger partial charge in [-0.15, -0.1) is 0 Å². The first-order valence-corrected chi connectivity index (χ1v) is 8.29. The minimum Gasteiger partial charge on any atom is -0.495 e. The van der Waals surface area contributed by atoms with Crippen LogP contribution in [0.25, 0.3) is 0 Å². The molecular formula is C18H22ClNO4. The van der Waals surface area contributed by atoms with Gasteiger partial charge in [0.1, 0.15) is 5.75 Å². The van der Waals surface area contributed by atoms with Crippen LogP contribution in [-0.4, -0.2) is 25.1 Å². The first-order valence-electron chi connectivity index (χ1n) is 7.92. The molecular weight excluding hydrogens is 330 g/mol. The summed E-state index contributed by atoms with van der Waals surface area (Å²) in [5.74, 6) is -0.112.